The summed E-state index contributed by atoms with van der Waals surface area (Å²) in [7, 11) is 0. The second-order valence-corrected chi connectivity index (χ2v) is 4.04. The number of rotatable bonds is 5. The zero-order valence-corrected chi connectivity index (χ0v) is 11.0. The quantitative estimate of drug-likeness (QED) is 0.773. The third-order valence-corrected chi connectivity index (χ3v) is 2.80. The molecule has 1 aromatic carbocycles. The molecule has 0 amide bonds. The van der Waals surface area contributed by atoms with Gasteiger partial charge in [-0.15, -0.1) is 10.2 Å². The van der Waals surface area contributed by atoms with Crippen molar-refractivity contribution in [3.63, 3.8) is 0 Å². The Labute approximate surface area is 111 Å². The van der Waals surface area contributed by atoms with Crippen LogP contribution in [-0.2, 0) is 4.74 Å². The lowest BCUT2D eigenvalue weighted by Crippen LogP contribution is -2.04. The molecule has 0 saturated heterocycles. The maximum absolute atomic E-state index is 11.5. The minimum absolute atomic E-state index is 0.00289. The highest BCUT2D eigenvalue weighted by atomic mass is 16.5. The van der Waals surface area contributed by atoms with Gasteiger partial charge >= 0.3 is 11.9 Å². The molecule has 0 saturated carbocycles. The summed E-state index contributed by atoms with van der Waals surface area (Å²) >= 11 is 0. The minimum atomic E-state index is -0.579. The molecule has 100 valence electrons. The molecule has 2 rings (SSSR count). The van der Waals surface area contributed by atoms with E-state index in [0.29, 0.717) is 5.89 Å². The van der Waals surface area contributed by atoms with Gasteiger partial charge in [-0.1, -0.05) is 37.3 Å². The monoisotopic (exact) mass is 260 g/mol. The lowest BCUT2D eigenvalue weighted by Gasteiger charge is -2.09. The molecular weight excluding hydrogens is 244 g/mol. The van der Waals surface area contributed by atoms with Crippen molar-refractivity contribution >= 4 is 5.97 Å². The third kappa shape index (κ3) is 2.99. The summed E-state index contributed by atoms with van der Waals surface area (Å²) in [6.45, 7) is 4.05. The average molecular weight is 260 g/mol. The van der Waals surface area contributed by atoms with Crippen LogP contribution < -0.4 is 0 Å². The van der Waals surface area contributed by atoms with Gasteiger partial charge in [0.25, 0.3) is 0 Å². The first-order chi connectivity index (χ1) is 9.26. The summed E-state index contributed by atoms with van der Waals surface area (Å²) in [5.41, 5.74) is 1.09. The molecule has 0 radical (unpaired) electrons. The van der Waals surface area contributed by atoms with Crippen molar-refractivity contribution in [3.8, 4) is 0 Å². The van der Waals surface area contributed by atoms with Gasteiger partial charge < -0.3 is 9.15 Å². The van der Waals surface area contributed by atoms with E-state index < -0.39 is 5.97 Å². The van der Waals surface area contributed by atoms with Crippen LogP contribution in [0.3, 0.4) is 0 Å². The summed E-state index contributed by atoms with van der Waals surface area (Å²) < 4.78 is 10.2. The molecular formula is C14H16N2O3. The fraction of sp³-hybridized carbons (Fsp3) is 0.357. The standard InChI is InChI=1S/C14H16N2O3/c1-3-11(10-8-6-5-7-9-10)12-15-16-13(19-12)14(17)18-4-2/h5-9,11H,3-4H2,1-2H3. The minimum Gasteiger partial charge on any atom is -0.459 e. The number of hydrogen-bond donors (Lipinski definition) is 0. The van der Waals surface area contributed by atoms with Gasteiger partial charge in [-0.05, 0) is 18.9 Å². The van der Waals surface area contributed by atoms with Crippen LogP contribution in [0.1, 0.15) is 48.3 Å². The Balaban J connectivity index is 2.23. The highest BCUT2D eigenvalue weighted by molar-refractivity contribution is 5.83. The van der Waals surface area contributed by atoms with E-state index in [9.17, 15) is 4.79 Å². The molecule has 1 atom stereocenters. The van der Waals surface area contributed by atoms with Crippen molar-refractivity contribution < 1.29 is 13.9 Å². The zero-order chi connectivity index (χ0) is 13.7. The van der Waals surface area contributed by atoms with E-state index in [4.69, 9.17) is 9.15 Å². The van der Waals surface area contributed by atoms with Gasteiger partial charge in [0.05, 0.1) is 12.5 Å². The van der Waals surface area contributed by atoms with E-state index in [-0.39, 0.29) is 18.4 Å². The number of carbonyl (C=O) groups is 1. The van der Waals surface area contributed by atoms with Crippen LogP contribution in [0.5, 0.6) is 0 Å². The van der Waals surface area contributed by atoms with Gasteiger partial charge in [0.1, 0.15) is 0 Å². The fourth-order valence-corrected chi connectivity index (χ4v) is 1.89. The topological polar surface area (TPSA) is 65.2 Å². The molecule has 2 aromatic rings. The number of benzene rings is 1. The summed E-state index contributed by atoms with van der Waals surface area (Å²) in [6, 6.07) is 9.88. The maximum atomic E-state index is 11.5. The van der Waals surface area contributed by atoms with Crippen molar-refractivity contribution in [2.24, 2.45) is 0 Å². The first kappa shape index (κ1) is 13.3. The van der Waals surface area contributed by atoms with Gasteiger partial charge in [0, 0.05) is 0 Å². The molecule has 0 fully saturated rings. The first-order valence-corrected chi connectivity index (χ1v) is 6.31. The van der Waals surface area contributed by atoms with Crippen LogP contribution in [-0.4, -0.2) is 22.8 Å². The van der Waals surface area contributed by atoms with Crippen LogP contribution >= 0.6 is 0 Å². The zero-order valence-electron chi connectivity index (χ0n) is 11.0. The number of nitrogens with zero attached hydrogens (tertiary/aromatic N) is 2. The summed E-state index contributed by atoms with van der Waals surface area (Å²) in [5.74, 6) is -0.232. The molecule has 0 bridgehead atoms. The van der Waals surface area contributed by atoms with Crippen molar-refractivity contribution in [1.29, 1.82) is 0 Å². The Bertz CT molecular complexity index is 537. The van der Waals surface area contributed by atoms with E-state index in [1.165, 1.54) is 0 Å². The fourth-order valence-electron chi connectivity index (χ4n) is 1.89. The largest absolute Gasteiger partial charge is 0.459 e. The molecule has 0 aliphatic rings. The third-order valence-electron chi connectivity index (χ3n) is 2.80. The average Bonchev–Trinajstić information content (AvgIpc) is 2.91. The van der Waals surface area contributed by atoms with Crippen LogP contribution in [0.15, 0.2) is 34.7 Å². The summed E-state index contributed by atoms with van der Waals surface area (Å²) in [5, 5.41) is 7.69. The van der Waals surface area contributed by atoms with Crippen molar-refractivity contribution in [2.45, 2.75) is 26.2 Å². The number of esters is 1. The molecule has 19 heavy (non-hydrogen) atoms. The van der Waals surface area contributed by atoms with Gasteiger partial charge in [0.15, 0.2) is 0 Å². The SMILES string of the molecule is CCOC(=O)c1nnc(C(CC)c2ccccc2)o1. The Morgan fingerprint density at radius 2 is 2.00 bits per heavy atom. The molecule has 0 spiro atoms. The highest BCUT2D eigenvalue weighted by Gasteiger charge is 2.22. The van der Waals surface area contributed by atoms with Gasteiger partial charge in [-0.3, -0.25) is 0 Å². The van der Waals surface area contributed by atoms with Crippen molar-refractivity contribution in [3.05, 3.63) is 47.7 Å². The molecule has 0 aliphatic heterocycles. The summed E-state index contributed by atoms with van der Waals surface area (Å²) in [4.78, 5) is 11.5. The molecule has 1 heterocycles. The maximum Gasteiger partial charge on any atom is 0.396 e. The van der Waals surface area contributed by atoms with E-state index in [2.05, 4.69) is 10.2 Å². The predicted octanol–water partition coefficient (Wildman–Crippen LogP) is 2.79. The van der Waals surface area contributed by atoms with Gasteiger partial charge in [-0.2, -0.15) is 0 Å². The lowest BCUT2D eigenvalue weighted by atomic mass is 9.97. The predicted molar refractivity (Wildman–Crippen MR) is 68.8 cm³/mol. The molecule has 5 nitrogen and oxygen atoms in total. The molecule has 1 unspecified atom stereocenters. The Morgan fingerprint density at radius 1 is 1.26 bits per heavy atom. The summed E-state index contributed by atoms with van der Waals surface area (Å²) in [6.07, 6.45) is 0.814. The van der Waals surface area contributed by atoms with Crippen molar-refractivity contribution in [1.82, 2.24) is 10.2 Å². The number of aromatic nitrogens is 2. The van der Waals surface area contributed by atoms with Crippen LogP contribution in [0.25, 0.3) is 0 Å². The molecule has 0 N–H and O–H groups in total. The van der Waals surface area contributed by atoms with E-state index in [0.717, 1.165) is 12.0 Å². The van der Waals surface area contributed by atoms with E-state index in [1.807, 2.05) is 37.3 Å². The number of ether oxygens (including phenoxy) is 1. The van der Waals surface area contributed by atoms with Crippen molar-refractivity contribution in [2.75, 3.05) is 6.61 Å². The molecule has 0 aliphatic carbocycles. The molecule has 5 heteroatoms. The van der Waals surface area contributed by atoms with Gasteiger partial charge in [-0.25, -0.2) is 4.79 Å². The van der Waals surface area contributed by atoms with E-state index in [1.54, 1.807) is 6.92 Å². The first-order valence-electron chi connectivity index (χ1n) is 6.31. The number of hydrogen-bond acceptors (Lipinski definition) is 5. The highest BCUT2D eigenvalue weighted by Crippen LogP contribution is 2.26. The lowest BCUT2D eigenvalue weighted by molar-refractivity contribution is 0.0478. The smallest absolute Gasteiger partial charge is 0.396 e. The normalized spacial score (nSPS) is 12.1. The second kappa shape index (κ2) is 6.13. The molecule has 1 aromatic heterocycles. The number of carbonyl (C=O) groups excluding carboxylic acids is 1. The Morgan fingerprint density at radius 3 is 2.63 bits per heavy atom. The van der Waals surface area contributed by atoms with Crippen LogP contribution in [0.2, 0.25) is 0 Å². The van der Waals surface area contributed by atoms with Gasteiger partial charge in [0.2, 0.25) is 5.89 Å². The Hall–Kier alpha value is -2.17. The Kier molecular flexibility index (Phi) is 4.28. The second-order valence-electron chi connectivity index (χ2n) is 4.04. The van der Waals surface area contributed by atoms with E-state index >= 15 is 0 Å². The van der Waals surface area contributed by atoms with Crippen LogP contribution in [0.4, 0.5) is 0 Å². The van der Waals surface area contributed by atoms with Crippen LogP contribution in [0, 0.1) is 0 Å².